The molecule has 1 aromatic carbocycles. The molecule has 130 valence electrons. The lowest BCUT2D eigenvalue weighted by Gasteiger charge is -2.14. The van der Waals surface area contributed by atoms with E-state index in [1.165, 1.54) is 17.7 Å². The highest BCUT2D eigenvalue weighted by Gasteiger charge is 2.27. The molecule has 0 aliphatic carbocycles. The van der Waals surface area contributed by atoms with Gasteiger partial charge in [0, 0.05) is 25.3 Å². The Labute approximate surface area is 150 Å². The summed E-state index contributed by atoms with van der Waals surface area (Å²) in [6.45, 7) is 5.39. The number of carbonyl (C=O) groups is 1. The third kappa shape index (κ3) is 3.05. The Morgan fingerprint density at radius 1 is 1.33 bits per heavy atom. The molecular formula is C18H24BrN2O3+. The van der Waals surface area contributed by atoms with Crippen molar-refractivity contribution in [1.29, 1.82) is 0 Å². The Bertz CT molecular complexity index is 763. The second kappa shape index (κ2) is 7.15. The Morgan fingerprint density at radius 3 is 2.67 bits per heavy atom. The van der Waals surface area contributed by atoms with E-state index < -0.39 is 0 Å². The first-order chi connectivity index (χ1) is 11.6. The van der Waals surface area contributed by atoms with Gasteiger partial charge in [0.05, 0.1) is 48.1 Å². The predicted molar refractivity (Wildman–Crippen MR) is 96.8 cm³/mol. The molecule has 1 aromatic heterocycles. The first-order valence-corrected chi connectivity index (χ1v) is 9.21. The van der Waals surface area contributed by atoms with Gasteiger partial charge in [0.1, 0.15) is 12.3 Å². The van der Waals surface area contributed by atoms with Gasteiger partial charge in [0.15, 0.2) is 0 Å². The number of halogens is 1. The number of nitrogens with one attached hydrogen (secondary N) is 1. The number of likely N-dealkylation sites (tertiary alicyclic amines) is 1. The molecule has 0 unspecified atom stereocenters. The number of nitrogens with zero attached hydrogens (tertiary/aromatic N) is 1. The minimum absolute atomic E-state index is 0.249. The number of ether oxygens (including phenoxy) is 2. The predicted octanol–water partition coefficient (Wildman–Crippen LogP) is 2.30. The number of quaternary nitrogens is 1. The van der Waals surface area contributed by atoms with Crippen LogP contribution >= 0.6 is 15.9 Å². The van der Waals surface area contributed by atoms with E-state index in [0.29, 0.717) is 12.2 Å². The van der Waals surface area contributed by atoms with E-state index in [2.05, 4.69) is 20.5 Å². The summed E-state index contributed by atoms with van der Waals surface area (Å²) < 4.78 is 13.8. The molecule has 0 bridgehead atoms. The van der Waals surface area contributed by atoms with Gasteiger partial charge in [-0.3, -0.25) is 0 Å². The number of methoxy groups -OCH3 is 1. The number of carbonyl (C=O) groups excluding carboxylic acids is 1. The zero-order valence-corrected chi connectivity index (χ0v) is 16.0. The molecule has 24 heavy (non-hydrogen) atoms. The zero-order valence-electron chi connectivity index (χ0n) is 14.4. The maximum absolute atomic E-state index is 12.7. The second-order valence-electron chi connectivity index (χ2n) is 6.24. The van der Waals surface area contributed by atoms with E-state index in [1.54, 1.807) is 7.11 Å². The van der Waals surface area contributed by atoms with Crippen LogP contribution in [0.5, 0.6) is 5.75 Å². The molecule has 1 N–H and O–H groups in total. The first-order valence-electron chi connectivity index (χ1n) is 8.42. The van der Waals surface area contributed by atoms with Crippen molar-refractivity contribution in [3.05, 3.63) is 27.9 Å². The van der Waals surface area contributed by atoms with Gasteiger partial charge in [-0.15, -0.1) is 0 Å². The minimum atomic E-state index is -0.249. The minimum Gasteiger partial charge on any atom is -0.496 e. The summed E-state index contributed by atoms with van der Waals surface area (Å²) >= 11 is 3.54. The fourth-order valence-electron chi connectivity index (χ4n) is 3.57. The van der Waals surface area contributed by atoms with Gasteiger partial charge in [-0.05, 0) is 35.0 Å². The van der Waals surface area contributed by atoms with Crippen molar-refractivity contribution in [3.8, 4) is 5.75 Å². The number of hydrogen-bond acceptors (Lipinski definition) is 3. The van der Waals surface area contributed by atoms with Crippen molar-refractivity contribution >= 4 is 32.8 Å². The molecule has 1 aliphatic rings. The van der Waals surface area contributed by atoms with Gasteiger partial charge in [0.25, 0.3) is 0 Å². The van der Waals surface area contributed by atoms with E-state index in [0.717, 1.165) is 46.5 Å². The topological polar surface area (TPSA) is 44.9 Å². The summed E-state index contributed by atoms with van der Waals surface area (Å²) in [5.74, 6) is 0.472. The average molecular weight is 396 g/mol. The Balaban J connectivity index is 2.17. The van der Waals surface area contributed by atoms with Gasteiger partial charge in [-0.25, -0.2) is 4.79 Å². The molecule has 0 spiro atoms. The van der Waals surface area contributed by atoms with Crippen molar-refractivity contribution < 1.29 is 19.2 Å². The van der Waals surface area contributed by atoms with E-state index in [-0.39, 0.29) is 5.97 Å². The molecule has 0 amide bonds. The Kier molecular flexibility index (Phi) is 5.15. The van der Waals surface area contributed by atoms with Crippen LogP contribution in [-0.2, 0) is 18.3 Å². The molecule has 0 radical (unpaired) electrons. The third-order valence-electron chi connectivity index (χ3n) is 4.80. The molecule has 5 nitrogen and oxygen atoms in total. The quantitative estimate of drug-likeness (QED) is 0.789. The number of aromatic nitrogens is 1. The van der Waals surface area contributed by atoms with Crippen LogP contribution in [0.2, 0.25) is 0 Å². The van der Waals surface area contributed by atoms with E-state index >= 15 is 0 Å². The largest absolute Gasteiger partial charge is 0.496 e. The number of aryl methyl sites for hydroxylation is 1. The Hall–Kier alpha value is -1.53. The van der Waals surface area contributed by atoms with Crippen molar-refractivity contribution in [1.82, 2.24) is 4.57 Å². The first kappa shape index (κ1) is 17.3. The standard InChI is InChI=1S/C18H23BrN2O3/c1-4-24-18(22)17-12-9-16(23-3)13(19)10-14(12)20(2)15(17)11-21-7-5-6-8-21/h9-10H,4-8,11H2,1-3H3/p+1. The molecule has 2 aromatic rings. The van der Waals surface area contributed by atoms with Crippen LogP contribution in [0.3, 0.4) is 0 Å². The fourth-order valence-corrected chi connectivity index (χ4v) is 4.07. The molecule has 1 fully saturated rings. The molecule has 1 saturated heterocycles. The van der Waals surface area contributed by atoms with Crippen LogP contribution in [-0.4, -0.2) is 37.3 Å². The summed E-state index contributed by atoms with van der Waals surface area (Å²) in [5, 5.41) is 0.893. The molecule has 0 saturated carbocycles. The van der Waals surface area contributed by atoms with E-state index in [4.69, 9.17) is 9.47 Å². The number of benzene rings is 1. The SMILES string of the molecule is CCOC(=O)c1c(C[NH+]2CCCC2)n(C)c2cc(Br)c(OC)cc12. The lowest BCUT2D eigenvalue weighted by atomic mass is 10.1. The summed E-state index contributed by atoms with van der Waals surface area (Å²) in [6.07, 6.45) is 2.51. The maximum atomic E-state index is 12.7. The summed E-state index contributed by atoms with van der Waals surface area (Å²) in [4.78, 5) is 14.2. The fraction of sp³-hybridized carbons (Fsp3) is 0.500. The average Bonchev–Trinajstić information content (AvgIpc) is 3.15. The number of hydrogen-bond donors (Lipinski definition) is 1. The van der Waals surface area contributed by atoms with Crippen LogP contribution in [0.4, 0.5) is 0 Å². The van der Waals surface area contributed by atoms with Gasteiger partial charge in [-0.1, -0.05) is 0 Å². The lowest BCUT2D eigenvalue weighted by molar-refractivity contribution is -0.901. The highest BCUT2D eigenvalue weighted by atomic mass is 79.9. The Morgan fingerprint density at radius 2 is 2.04 bits per heavy atom. The van der Waals surface area contributed by atoms with Gasteiger partial charge in [0.2, 0.25) is 0 Å². The molecule has 6 heteroatoms. The monoisotopic (exact) mass is 395 g/mol. The van der Waals surface area contributed by atoms with Crippen molar-refractivity contribution in [2.45, 2.75) is 26.3 Å². The lowest BCUT2D eigenvalue weighted by Crippen LogP contribution is -3.08. The second-order valence-corrected chi connectivity index (χ2v) is 7.09. The number of esters is 1. The van der Waals surface area contributed by atoms with Crippen molar-refractivity contribution in [3.63, 3.8) is 0 Å². The summed E-state index contributed by atoms with van der Waals surface area (Å²) in [5.41, 5.74) is 2.74. The van der Waals surface area contributed by atoms with Crippen molar-refractivity contribution in [2.24, 2.45) is 7.05 Å². The van der Waals surface area contributed by atoms with Crippen LogP contribution < -0.4 is 9.64 Å². The van der Waals surface area contributed by atoms with Crippen LogP contribution in [0.15, 0.2) is 16.6 Å². The van der Waals surface area contributed by atoms with Gasteiger partial charge in [-0.2, -0.15) is 0 Å². The number of fused-ring (bicyclic) bond motifs is 1. The van der Waals surface area contributed by atoms with E-state index in [9.17, 15) is 4.79 Å². The highest BCUT2D eigenvalue weighted by molar-refractivity contribution is 9.10. The summed E-state index contributed by atoms with van der Waals surface area (Å²) in [6, 6.07) is 3.94. The van der Waals surface area contributed by atoms with Crippen LogP contribution in [0, 0.1) is 0 Å². The zero-order chi connectivity index (χ0) is 17.3. The normalized spacial score (nSPS) is 15.2. The van der Waals surface area contributed by atoms with Crippen LogP contribution in [0.1, 0.15) is 35.8 Å². The third-order valence-corrected chi connectivity index (χ3v) is 5.42. The van der Waals surface area contributed by atoms with Crippen molar-refractivity contribution in [2.75, 3.05) is 26.8 Å². The molecule has 1 aliphatic heterocycles. The summed E-state index contributed by atoms with van der Waals surface area (Å²) in [7, 11) is 3.66. The van der Waals surface area contributed by atoms with Gasteiger partial charge >= 0.3 is 5.97 Å². The molecule has 0 atom stereocenters. The highest BCUT2D eigenvalue weighted by Crippen LogP contribution is 2.35. The smallest absolute Gasteiger partial charge is 0.340 e. The number of rotatable bonds is 5. The molecule has 2 heterocycles. The molecule has 3 rings (SSSR count). The van der Waals surface area contributed by atoms with Gasteiger partial charge < -0.3 is 18.9 Å². The van der Waals surface area contributed by atoms with E-state index in [1.807, 2.05) is 26.1 Å². The molecular weight excluding hydrogens is 372 g/mol. The maximum Gasteiger partial charge on any atom is 0.340 e. The van der Waals surface area contributed by atoms with Crippen LogP contribution in [0.25, 0.3) is 10.9 Å².